The van der Waals surface area contributed by atoms with Crippen molar-refractivity contribution in [1.29, 1.82) is 0 Å². The van der Waals surface area contributed by atoms with E-state index in [2.05, 4.69) is 38.7 Å². The Bertz CT molecular complexity index is 1220. The first-order valence-electron chi connectivity index (χ1n) is 12.4. The summed E-state index contributed by atoms with van der Waals surface area (Å²) in [5, 5.41) is 19.4. The van der Waals surface area contributed by atoms with Crippen molar-refractivity contribution in [3.05, 3.63) is 34.7 Å². The third-order valence-electron chi connectivity index (χ3n) is 7.50. The average Bonchev–Trinajstić information content (AvgIpc) is 3.69. The molecule has 1 aliphatic heterocycles. The van der Waals surface area contributed by atoms with Gasteiger partial charge in [0, 0.05) is 56.0 Å². The van der Waals surface area contributed by atoms with E-state index in [0.29, 0.717) is 17.5 Å². The molecule has 0 radical (unpaired) electrons. The summed E-state index contributed by atoms with van der Waals surface area (Å²) in [7, 11) is 0. The van der Waals surface area contributed by atoms with Gasteiger partial charge in [-0.25, -0.2) is 4.98 Å². The van der Waals surface area contributed by atoms with E-state index in [1.165, 1.54) is 12.8 Å². The van der Waals surface area contributed by atoms with E-state index in [1.807, 2.05) is 10.8 Å². The van der Waals surface area contributed by atoms with Crippen LogP contribution in [0.5, 0.6) is 0 Å². The minimum absolute atomic E-state index is 0.0164. The maximum atomic E-state index is 13.9. The molecule has 0 atom stereocenters. The highest BCUT2D eigenvalue weighted by molar-refractivity contribution is 6.05. The Kier molecular flexibility index (Phi) is 5.42. The highest BCUT2D eigenvalue weighted by atomic mass is 16.3. The summed E-state index contributed by atoms with van der Waals surface area (Å²) in [6.07, 6.45) is 7.13. The highest BCUT2D eigenvalue weighted by Crippen LogP contribution is 2.33. The van der Waals surface area contributed by atoms with E-state index in [1.54, 1.807) is 0 Å². The molecule has 3 heterocycles. The predicted molar refractivity (Wildman–Crippen MR) is 131 cm³/mol. The maximum Gasteiger partial charge on any atom is 0.260 e. The van der Waals surface area contributed by atoms with Crippen LogP contribution in [0.4, 0.5) is 11.6 Å². The molecule has 6 rings (SSSR count). The van der Waals surface area contributed by atoms with Crippen molar-refractivity contribution < 1.29 is 5.11 Å². The molecule has 3 aromatic rings. The summed E-state index contributed by atoms with van der Waals surface area (Å²) in [6.45, 7) is 4.66. The van der Waals surface area contributed by atoms with Gasteiger partial charge in [0.2, 0.25) is 5.95 Å². The van der Waals surface area contributed by atoms with Gasteiger partial charge < -0.3 is 20.6 Å². The fourth-order valence-electron chi connectivity index (χ4n) is 5.33. The summed E-state index contributed by atoms with van der Waals surface area (Å²) < 4.78 is 1.90. The molecule has 3 aliphatic rings. The van der Waals surface area contributed by atoms with Crippen LogP contribution in [0.1, 0.15) is 44.6 Å². The van der Waals surface area contributed by atoms with Crippen molar-refractivity contribution in [2.45, 2.75) is 50.7 Å². The SMILES string of the molecule is O=c1c2cc(N3CCNCC3)ccc2c2cnc(NCC3CC3)nc2n1C1CCC(O)CC1. The number of hydrogen-bond donors (Lipinski definition) is 3. The largest absolute Gasteiger partial charge is 0.393 e. The number of rotatable bonds is 5. The number of hydrogen-bond acceptors (Lipinski definition) is 7. The lowest BCUT2D eigenvalue weighted by Gasteiger charge is -2.30. The van der Waals surface area contributed by atoms with E-state index in [9.17, 15) is 9.90 Å². The summed E-state index contributed by atoms with van der Waals surface area (Å²) >= 11 is 0. The second kappa shape index (κ2) is 8.57. The van der Waals surface area contributed by atoms with Gasteiger partial charge in [-0.05, 0) is 62.0 Å². The van der Waals surface area contributed by atoms with Gasteiger partial charge in [-0.3, -0.25) is 9.36 Å². The Hall–Kier alpha value is -2.71. The fraction of sp³-hybridized carbons (Fsp3) is 0.560. The smallest absolute Gasteiger partial charge is 0.260 e. The lowest BCUT2D eigenvalue weighted by molar-refractivity contribution is 0.111. The van der Waals surface area contributed by atoms with E-state index >= 15 is 0 Å². The quantitative estimate of drug-likeness (QED) is 0.517. The summed E-state index contributed by atoms with van der Waals surface area (Å²) in [5.74, 6) is 1.31. The van der Waals surface area contributed by atoms with Crippen LogP contribution < -0.4 is 21.1 Å². The molecule has 0 bridgehead atoms. The Balaban J connectivity index is 1.49. The van der Waals surface area contributed by atoms with Crippen molar-refractivity contribution in [3.8, 4) is 0 Å². The molecule has 2 aromatic heterocycles. The molecule has 0 amide bonds. The standard InChI is InChI=1S/C25H32N6O2/c32-19-6-3-17(4-7-19)31-23-22(15-28-25(29-23)27-14-16-1-2-16)20-8-5-18(13-21(20)24(31)33)30-11-9-26-10-12-30/h5,8,13,15-17,19,26,32H,1-4,6-7,9-12,14H2,(H,27,28,29). The van der Waals surface area contributed by atoms with E-state index in [4.69, 9.17) is 4.98 Å². The highest BCUT2D eigenvalue weighted by Gasteiger charge is 2.26. The monoisotopic (exact) mass is 448 g/mol. The van der Waals surface area contributed by atoms with Crippen LogP contribution in [0.2, 0.25) is 0 Å². The van der Waals surface area contributed by atoms with Crippen LogP contribution in [-0.2, 0) is 0 Å². The van der Waals surface area contributed by atoms with Crippen molar-refractivity contribution in [2.24, 2.45) is 5.92 Å². The maximum absolute atomic E-state index is 13.9. The number of pyridine rings is 1. The van der Waals surface area contributed by atoms with Crippen LogP contribution in [0.15, 0.2) is 29.2 Å². The second-order valence-corrected chi connectivity index (χ2v) is 9.86. The van der Waals surface area contributed by atoms with Crippen molar-refractivity contribution >= 4 is 33.4 Å². The number of nitrogens with zero attached hydrogens (tertiary/aromatic N) is 4. The molecule has 1 aromatic carbocycles. The van der Waals surface area contributed by atoms with Gasteiger partial charge >= 0.3 is 0 Å². The number of anilines is 2. The zero-order valence-corrected chi connectivity index (χ0v) is 19.0. The molecule has 0 spiro atoms. The van der Waals surface area contributed by atoms with Crippen LogP contribution >= 0.6 is 0 Å². The molecule has 2 aliphatic carbocycles. The lowest BCUT2D eigenvalue weighted by atomic mass is 9.92. The fourth-order valence-corrected chi connectivity index (χ4v) is 5.33. The predicted octanol–water partition coefficient (Wildman–Crippen LogP) is 2.65. The van der Waals surface area contributed by atoms with Crippen molar-refractivity contribution in [2.75, 3.05) is 42.9 Å². The average molecular weight is 449 g/mol. The first-order valence-corrected chi connectivity index (χ1v) is 12.4. The van der Waals surface area contributed by atoms with E-state index in [0.717, 1.165) is 80.3 Å². The third kappa shape index (κ3) is 4.06. The molecule has 0 unspecified atom stereocenters. The summed E-state index contributed by atoms with van der Waals surface area (Å²) in [6, 6.07) is 6.27. The Morgan fingerprint density at radius 2 is 1.82 bits per heavy atom. The topological polar surface area (TPSA) is 95.3 Å². The van der Waals surface area contributed by atoms with Crippen LogP contribution in [0.25, 0.3) is 21.8 Å². The van der Waals surface area contributed by atoms with Crippen LogP contribution in [0.3, 0.4) is 0 Å². The number of fused-ring (bicyclic) bond motifs is 3. The molecule has 3 fully saturated rings. The van der Waals surface area contributed by atoms with Gasteiger partial charge in [0.1, 0.15) is 5.65 Å². The molecular weight excluding hydrogens is 416 g/mol. The van der Waals surface area contributed by atoms with Crippen LogP contribution in [-0.4, -0.2) is 58.5 Å². The first-order chi connectivity index (χ1) is 16.2. The first kappa shape index (κ1) is 20.9. The molecule has 33 heavy (non-hydrogen) atoms. The minimum atomic E-state index is -0.270. The Labute approximate surface area is 193 Å². The molecule has 8 heteroatoms. The summed E-state index contributed by atoms with van der Waals surface area (Å²) in [5.41, 5.74) is 1.81. The van der Waals surface area contributed by atoms with Gasteiger partial charge in [-0.15, -0.1) is 0 Å². The van der Waals surface area contributed by atoms with Gasteiger partial charge in [0.25, 0.3) is 5.56 Å². The van der Waals surface area contributed by atoms with Gasteiger partial charge in [-0.2, -0.15) is 4.98 Å². The zero-order chi connectivity index (χ0) is 22.4. The van der Waals surface area contributed by atoms with Gasteiger partial charge in [0.15, 0.2) is 0 Å². The summed E-state index contributed by atoms with van der Waals surface area (Å²) in [4.78, 5) is 25.7. The van der Waals surface area contributed by atoms with Gasteiger partial charge in [-0.1, -0.05) is 6.07 Å². The molecule has 3 N–H and O–H groups in total. The van der Waals surface area contributed by atoms with Gasteiger partial charge in [0.05, 0.1) is 11.5 Å². The number of aliphatic hydroxyl groups excluding tert-OH is 1. The molecule has 174 valence electrons. The normalized spacial score (nSPS) is 23.8. The molecular formula is C25H32N6O2. The lowest BCUT2D eigenvalue weighted by Crippen LogP contribution is -2.43. The molecule has 1 saturated heterocycles. The molecule has 2 saturated carbocycles. The number of aromatic nitrogens is 3. The second-order valence-electron chi connectivity index (χ2n) is 9.86. The zero-order valence-electron chi connectivity index (χ0n) is 19.0. The molecule has 8 nitrogen and oxygen atoms in total. The Morgan fingerprint density at radius 1 is 1.03 bits per heavy atom. The van der Waals surface area contributed by atoms with E-state index in [-0.39, 0.29) is 17.7 Å². The number of aliphatic hydroxyl groups is 1. The number of nitrogens with one attached hydrogen (secondary N) is 2. The van der Waals surface area contributed by atoms with Crippen molar-refractivity contribution in [3.63, 3.8) is 0 Å². The number of piperazine rings is 1. The third-order valence-corrected chi connectivity index (χ3v) is 7.50. The minimum Gasteiger partial charge on any atom is -0.393 e. The van der Waals surface area contributed by atoms with E-state index < -0.39 is 0 Å². The number of benzene rings is 1. The Morgan fingerprint density at radius 3 is 2.58 bits per heavy atom. The van der Waals surface area contributed by atoms with Crippen molar-refractivity contribution in [1.82, 2.24) is 19.9 Å². The van der Waals surface area contributed by atoms with Crippen LogP contribution in [0, 0.1) is 5.92 Å².